The first-order valence-electron chi connectivity index (χ1n) is 12.2. The predicted molar refractivity (Wildman–Crippen MR) is 144 cm³/mol. The molecule has 1 atom stereocenters. The van der Waals surface area contributed by atoms with E-state index in [0.717, 1.165) is 12.1 Å². The van der Waals surface area contributed by atoms with Crippen molar-refractivity contribution < 1.29 is 37.5 Å². The maximum atomic E-state index is 13.3. The number of phenols is 1. The zero-order valence-corrected chi connectivity index (χ0v) is 21.5. The highest BCUT2D eigenvalue weighted by atomic mass is 19.4. The number of phenolic OH excluding ortho intramolecular Hbond substituents is 1. The van der Waals surface area contributed by atoms with Gasteiger partial charge in [-0.3, -0.25) is 19.7 Å². The third kappa shape index (κ3) is 6.88. The molecule has 41 heavy (non-hydrogen) atoms. The Hall–Kier alpha value is -5.19. The molecular weight excluding hydrogens is 541 g/mol. The predicted octanol–water partition coefficient (Wildman–Crippen LogP) is 6.69. The zero-order chi connectivity index (χ0) is 29.7. The number of carbonyl (C=O) groups excluding carboxylic acids is 2. The fourth-order valence-corrected chi connectivity index (χ4v) is 4.22. The number of carbonyl (C=O) groups is 2. The van der Waals surface area contributed by atoms with E-state index in [-0.39, 0.29) is 23.4 Å². The lowest BCUT2D eigenvalue weighted by molar-refractivity contribution is -0.384. The molecule has 0 saturated heterocycles. The van der Waals surface area contributed by atoms with Crippen LogP contribution in [0, 0.1) is 10.1 Å². The number of ether oxygens (including phenoxy) is 1. The molecule has 0 bridgehead atoms. The summed E-state index contributed by atoms with van der Waals surface area (Å²) in [6.07, 6.45) is -4.76. The van der Waals surface area contributed by atoms with Gasteiger partial charge in [0.25, 0.3) is 11.6 Å². The zero-order valence-electron chi connectivity index (χ0n) is 21.5. The number of alkyl halides is 3. The first kappa shape index (κ1) is 28.8. The molecule has 4 aromatic carbocycles. The van der Waals surface area contributed by atoms with Gasteiger partial charge in [-0.1, -0.05) is 54.6 Å². The van der Waals surface area contributed by atoms with E-state index >= 15 is 0 Å². The Balaban J connectivity index is 1.62. The number of non-ortho nitro benzene ring substituents is 1. The average Bonchev–Trinajstić information content (AvgIpc) is 2.96. The van der Waals surface area contributed by atoms with Crippen LogP contribution in [0.25, 0.3) is 22.3 Å². The molecule has 0 aromatic heterocycles. The maximum Gasteiger partial charge on any atom is 0.416 e. The lowest BCUT2D eigenvalue weighted by Crippen LogP contribution is -2.30. The summed E-state index contributed by atoms with van der Waals surface area (Å²) in [4.78, 5) is 36.0. The summed E-state index contributed by atoms with van der Waals surface area (Å²) in [6.45, 7) is 0. The summed E-state index contributed by atoms with van der Waals surface area (Å²) in [5, 5.41) is 24.3. The highest BCUT2D eigenvalue weighted by Gasteiger charge is 2.30. The Bertz CT molecular complexity index is 1600. The summed E-state index contributed by atoms with van der Waals surface area (Å²) in [5.41, 5.74) is 1.11. The number of hydrogen-bond acceptors (Lipinski definition) is 6. The van der Waals surface area contributed by atoms with E-state index in [1.54, 1.807) is 30.3 Å². The quantitative estimate of drug-likeness (QED) is 0.140. The Labute approximate surface area is 232 Å². The van der Waals surface area contributed by atoms with Gasteiger partial charge in [0.05, 0.1) is 35.6 Å². The summed E-state index contributed by atoms with van der Waals surface area (Å²) in [6, 6.07) is 20.1. The number of halogens is 3. The maximum absolute atomic E-state index is 13.3. The third-order valence-corrected chi connectivity index (χ3v) is 6.37. The largest absolute Gasteiger partial charge is 0.507 e. The number of amides is 1. The lowest BCUT2D eigenvalue weighted by Gasteiger charge is -2.19. The summed E-state index contributed by atoms with van der Waals surface area (Å²) < 4.78 is 44.2. The van der Waals surface area contributed by atoms with Crippen LogP contribution in [-0.2, 0) is 15.7 Å². The molecule has 4 rings (SSSR count). The van der Waals surface area contributed by atoms with Crippen molar-refractivity contribution in [3.8, 4) is 28.0 Å². The first-order valence-corrected chi connectivity index (χ1v) is 12.2. The van der Waals surface area contributed by atoms with Gasteiger partial charge in [0, 0.05) is 12.1 Å². The Kier molecular flexibility index (Phi) is 8.37. The molecule has 0 fully saturated rings. The molecule has 1 amide bonds. The molecule has 2 N–H and O–H groups in total. The minimum absolute atomic E-state index is 0.135. The van der Waals surface area contributed by atoms with Crippen molar-refractivity contribution in [1.29, 1.82) is 0 Å². The van der Waals surface area contributed by atoms with Crippen LogP contribution in [0.5, 0.6) is 5.75 Å². The normalized spacial score (nSPS) is 11.9. The minimum atomic E-state index is -4.50. The Morgan fingerprint density at radius 2 is 1.51 bits per heavy atom. The van der Waals surface area contributed by atoms with Gasteiger partial charge in [0.2, 0.25) is 0 Å². The lowest BCUT2D eigenvalue weighted by atomic mass is 9.97. The monoisotopic (exact) mass is 564 g/mol. The van der Waals surface area contributed by atoms with E-state index < -0.39 is 34.6 Å². The smallest absolute Gasteiger partial charge is 0.416 e. The number of aromatic hydroxyl groups is 1. The molecule has 0 spiro atoms. The second-order valence-corrected chi connectivity index (χ2v) is 9.05. The van der Waals surface area contributed by atoms with Crippen LogP contribution in [-0.4, -0.2) is 29.0 Å². The van der Waals surface area contributed by atoms with Crippen LogP contribution in [0.4, 0.5) is 18.9 Å². The molecule has 11 heteroatoms. The number of esters is 1. The SMILES string of the molecule is COC(=O)CC(NC(=O)c1cc(-c2cccc([N+](=O)[O-])c2)ccc1O)c1ccc(-c2cccc(C(F)(F)F)c2)cc1. The van der Waals surface area contributed by atoms with Crippen LogP contribution < -0.4 is 5.32 Å². The van der Waals surface area contributed by atoms with Crippen molar-refractivity contribution in [1.82, 2.24) is 5.32 Å². The van der Waals surface area contributed by atoms with Crippen molar-refractivity contribution in [3.63, 3.8) is 0 Å². The molecule has 1 unspecified atom stereocenters. The van der Waals surface area contributed by atoms with Gasteiger partial charge >= 0.3 is 12.1 Å². The van der Waals surface area contributed by atoms with Crippen LogP contribution in [0.1, 0.15) is 33.9 Å². The number of nitro groups is 1. The number of nitrogens with one attached hydrogen (secondary N) is 1. The van der Waals surface area contributed by atoms with Crippen LogP contribution in [0.2, 0.25) is 0 Å². The van der Waals surface area contributed by atoms with Crippen molar-refractivity contribution in [3.05, 3.63) is 118 Å². The molecule has 210 valence electrons. The highest BCUT2D eigenvalue weighted by molar-refractivity contribution is 5.98. The second kappa shape index (κ2) is 11.9. The highest BCUT2D eigenvalue weighted by Crippen LogP contribution is 2.33. The van der Waals surface area contributed by atoms with Crippen molar-refractivity contribution in [2.45, 2.75) is 18.6 Å². The number of rotatable bonds is 8. The second-order valence-electron chi connectivity index (χ2n) is 9.05. The van der Waals surface area contributed by atoms with E-state index in [0.29, 0.717) is 27.8 Å². The van der Waals surface area contributed by atoms with E-state index in [1.807, 2.05) is 0 Å². The summed E-state index contributed by atoms with van der Waals surface area (Å²) in [5.74, 6) is -1.72. The molecule has 0 aliphatic heterocycles. The standard InChI is InChI=1S/C30H23F3N2O6/c1-41-28(37)17-26(19-10-8-18(9-11-19)20-4-2-6-23(14-20)30(31,32)33)34-29(38)25-16-22(12-13-27(25)36)21-5-3-7-24(15-21)35(39)40/h2-16,26,36H,17H2,1H3,(H,34,38). The number of benzene rings is 4. The van der Waals surface area contributed by atoms with Gasteiger partial charge in [-0.25, -0.2) is 0 Å². The summed E-state index contributed by atoms with van der Waals surface area (Å²) in [7, 11) is 1.19. The fourth-order valence-electron chi connectivity index (χ4n) is 4.22. The van der Waals surface area contributed by atoms with Crippen LogP contribution in [0.3, 0.4) is 0 Å². The molecule has 8 nitrogen and oxygen atoms in total. The Morgan fingerprint density at radius 3 is 2.15 bits per heavy atom. The third-order valence-electron chi connectivity index (χ3n) is 6.37. The molecule has 0 saturated carbocycles. The van der Waals surface area contributed by atoms with Gasteiger partial charge in [0.1, 0.15) is 5.75 Å². The molecule has 4 aromatic rings. The number of nitrogens with zero attached hydrogens (tertiary/aromatic N) is 1. The van der Waals surface area contributed by atoms with Crippen molar-refractivity contribution in [2.75, 3.05) is 7.11 Å². The van der Waals surface area contributed by atoms with Gasteiger partial charge in [-0.2, -0.15) is 13.2 Å². The molecule has 0 aliphatic rings. The van der Waals surface area contributed by atoms with Crippen LogP contribution >= 0.6 is 0 Å². The minimum Gasteiger partial charge on any atom is -0.507 e. The van der Waals surface area contributed by atoms with E-state index in [9.17, 15) is 38.0 Å². The van der Waals surface area contributed by atoms with Gasteiger partial charge in [0.15, 0.2) is 0 Å². The van der Waals surface area contributed by atoms with Crippen molar-refractivity contribution >= 4 is 17.6 Å². The molecule has 0 aliphatic carbocycles. The number of hydrogen-bond donors (Lipinski definition) is 2. The Morgan fingerprint density at radius 1 is 0.902 bits per heavy atom. The number of nitro benzene ring substituents is 1. The molecule has 0 radical (unpaired) electrons. The van der Waals surface area contributed by atoms with E-state index in [1.165, 1.54) is 55.6 Å². The number of methoxy groups -OCH3 is 1. The fraction of sp³-hybridized carbons (Fsp3) is 0.133. The van der Waals surface area contributed by atoms with Gasteiger partial charge in [-0.05, 0) is 52.1 Å². The topological polar surface area (TPSA) is 119 Å². The van der Waals surface area contributed by atoms with Gasteiger partial charge in [-0.15, -0.1) is 0 Å². The first-order chi connectivity index (χ1) is 19.5. The average molecular weight is 565 g/mol. The van der Waals surface area contributed by atoms with Crippen LogP contribution in [0.15, 0.2) is 91.0 Å². The summed E-state index contributed by atoms with van der Waals surface area (Å²) >= 11 is 0. The van der Waals surface area contributed by atoms with E-state index in [2.05, 4.69) is 5.32 Å². The van der Waals surface area contributed by atoms with E-state index in [4.69, 9.17) is 4.74 Å². The molecule has 0 heterocycles. The van der Waals surface area contributed by atoms with Crippen molar-refractivity contribution in [2.24, 2.45) is 0 Å². The molecular formula is C30H23F3N2O6. The van der Waals surface area contributed by atoms with Gasteiger partial charge < -0.3 is 15.2 Å².